The topological polar surface area (TPSA) is 57.9 Å². The van der Waals surface area contributed by atoms with Gasteiger partial charge in [0.2, 0.25) is 0 Å². The van der Waals surface area contributed by atoms with Crippen LogP contribution in [0, 0.1) is 11.3 Å². The van der Waals surface area contributed by atoms with Crippen LogP contribution < -0.4 is 10.1 Å². The predicted octanol–water partition coefficient (Wildman–Crippen LogP) is 3.33. The van der Waals surface area contributed by atoms with E-state index in [-0.39, 0.29) is 0 Å². The van der Waals surface area contributed by atoms with Gasteiger partial charge in [-0.3, -0.25) is 0 Å². The predicted molar refractivity (Wildman–Crippen MR) is 77.5 cm³/mol. The molecule has 0 atom stereocenters. The number of hydrogen-bond acceptors (Lipinski definition) is 4. The molecule has 1 aliphatic heterocycles. The third-order valence-electron chi connectivity index (χ3n) is 3.29. The van der Waals surface area contributed by atoms with Crippen LogP contribution in [-0.2, 0) is 6.61 Å². The van der Waals surface area contributed by atoms with Crippen molar-refractivity contribution in [3.63, 3.8) is 0 Å². The minimum Gasteiger partial charge on any atom is -0.488 e. The van der Waals surface area contributed by atoms with Crippen LogP contribution in [0.5, 0.6) is 5.75 Å². The largest absolute Gasteiger partial charge is 0.488 e. The standard InChI is InChI=1S/C16H15N3O/c1-2-7-18-16-11(9-17)8-12-10-20-14-6-4-3-5-13(14)15(12)19-16/h3-6,8H,2,7,10H2,1H3,(H,18,19). The number of ether oxygens (including phenoxy) is 1. The molecule has 1 aliphatic rings. The molecule has 0 saturated heterocycles. The number of aromatic nitrogens is 1. The van der Waals surface area contributed by atoms with Gasteiger partial charge in [-0.1, -0.05) is 19.1 Å². The Morgan fingerprint density at radius 3 is 3.05 bits per heavy atom. The van der Waals surface area contributed by atoms with E-state index in [0.717, 1.165) is 35.5 Å². The maximum Gasteiger partial charge on any atom is 0.144 e. The van der Waals surface area contributed by atoms with Gasteiger partial charge in [-0.15, -0.1) is 0 Å². The fraction of sp³-hybridized carbons (Fsp3) is 0.250. The van der Waals surface area contributed by atoms with Gasteiger partial charge in [0.15, 0.2) is 0 Å². The highest BCUT2D eigenvalue weighted by Crippen LogP contribution is 2.37. The Hall–Kier alpha value is -2.54. The van der Waals surface area contributed by atoms with E-state index in [4.69, 9.17) is 4.74 Å². The van der Waals surface area contributed by atoms with Crippen LogP contribution in [0.1, 0.15) is 24.5 Å². The first-order valence-corrected chi connectivity index (χ1v) is 6.73. The Labute approximate surface area is 118 Å². The van der Waals surface area contributed by atoms with Gasteiger partial charge in [-0.05, 0) is 24.6 Å². The zero-order valence-electron chi connectivity index (χ0n) is 11.3. The molecule has 0 aliphatic carbocycles. The van der Waals surface area contributed by atoms with E-state index in [1.54, 1.807) is 0 Å². The van der Waals surface area contributed by atoms with Gasteiger partial charge in [0.05, 0.1) is 11.3 Å². The van der Waals surface area contributed by atoms with Gasteiger partial charge in [0.1, 0.15) is 24.2 Å². The molecule has 0 saturated carbocycles. The van der Waals surface area contributed by atoms with E-state index < -0.39 is 0 Å². The first kappa shape index (κ1) is 12.5. The van der Waals surface area contributed by atoms with Crippen molar-refractivity contribution in [1.29, 1.82) is 5.26 Å². The molecule has 100 valence electrons. The molecule has 3 rings (SSSR count). The summed E-state index contributed by atoms with van der Waals surface area (Å²) in [5.74, 6) is 1.50. The van der Waals surface area contributed by atoms with Crippen molar-refractivity contribution in [3.05, 3.63) is 41.5 Å². The summed E-state index contributed by atoms with van der Waals surface area (Å²) in [6, 6.07) is 11.9. The van der Waals surface area contributed by atoms with Crippen molar-refractivity contribution in [2.45, 2.75) is 20.0 Å². The number of nitriles is 1. The molecule has 2 heterocycles. The van der Waals surface area contributed by atoms with Gasteiger partial charge in [-0.25, -0.2) is 4.98 Å². The highest BCUT2D eigenvalue weighted by Gasteiger charge is 2.20. The van der Waals surface area contributed by atoms with Gasteiger partial charge in [-0.2, -0.15) is 5.26 Å². The number of rotatable bonds is 3. The number of benzene rings is 1. The number of nitrogens with zero attached hydrogens (tertiary/aromatic N) is 2. The second kappa shape index (κ2) is 5.22. The first-order chi connectivity index (χ1) is 9.83. The minimum atomic E-state index is 0.460. The molecular weight excluding hydrogens is 250 g/mol. The molecule has 0 spiro atoms. The molecule has 0 bridgehead atoms. The Balaban J connectivity index is 2.12. The second-order valence-electron chi connectivity index (χ2n) is 4.72. The summed E-state index contributed by atoms with van der Waals surface area (Å²) in [7, 11) is 0. The summed E-state index contributed by atoms with van der Waals surface area (Å²) < 4.78 is 5.70. The zero-order valence-corrected chi connectivity index (χ0v) is 11.3. The Bertz CT molecular complexity index is 689. The normalized spacial score (nSPS) is 11.8. The summed E-state index contributed by atoms with van der Waals surface area (Å²) in [6.07, 6.45) is 0.989. The van der Waals surface area contributed by atoms with Crippen LogP contribution in [0.4, 0.5) is 5.82 Å². The zero-order chi connectivity index (χ0) is 13.9. The third-order valence-corrected chi connectivity index (χ3v) is 3.29. The molecule has 4 nitrogen and oxygen atoms in total. The molecule has 20 heavy (non-hydrogen) atoms. The van der Waals surface area contributed by atoms with E-state index in [1.807, 2.05) is 30.3 Å². The van der Waals surface area contributed by atoms with Gasteiger partial charge < -0.3 is 10.1 Å². The summed E-state index contributed by atoms with van der Waals surface area (Å²) in [4.78, 5) is 4.65. The number of fused-ring (bicyclic) bond motifs is 3. The Kier molecular flexibility index (Phi) is 3.26. The molecule has 2 aromatic rings. The molecule has 4 heteroatoms. The summed E-state index contributed by atoms with van der Waals surface area (Å²) >= 11 is 0. The smallest absolute Gasteiger partial charge is 0.144 e. The van der Waals surface area contributed by atoms with Crippen LogP contribution in [0.15, 0.2) is 30.3 Å². The Morgan fingerprint density at radius 1 is 1.40 bits per heavy atom. The van der Waals surface area contributed by atoms with Crippen LogP contribution in [0.3, 0.4) is 0 Å². The van der Waals surface area contributed by atoms with Crippen molar-refractivity contribution in [3.8, 4) is 23.1 Å². The van der Waals surface area contributed by atoms with Crippen LogP contribution in [0.2, 0.25) is 0 Å². The lowest BCUT2D eigenvalue weighted by molar-refractivity contribution is 0.301. The number of hydrogen-bond donors (Lipinski definition) is 1. The van der Waals surface area contributed by atoms with Crippen molar-refractivity contribution >= 4 is 5.82 Å². The maximum atomic E-state index is 9.24. The fourth-order valence-corrected chi connectivity index (χ4v) is 2.31. The van der Waals surface area contributed by atoms with Gasteiger partial charge in [0.25, 0.3) is 0 Å². The maximum absolute atomic E-state index is 9.24. The highest BCUT2D eigenvalue weighted by molar-refractivity contribution is 5.74. The summed E-state index contributed by atoms with van der Waals surface area (Å²) in [5.41, 5.74) is 3.42. The molecule has 0 amide bonds. The molecule has 0 unspecified atom stereocenters. The van der Waals surface area contributed by atoms with Crippen molar-refractivity contribution in [1.82, 2.24) is 4.98 Å². The minimum absolute atomic E-state index is 0.460. The monoisotopic (exact) mass is 265 g/mol. The average Bonchev–Trinajstić information content (AvgIpc) is 2.51. The molecule has 1 aromatic heterocycles. The van der Waals surface area contributed by atoms with Crippen LogP contribution in [0.25, 0.3) is 11.3 Å². The van der Waals surface area contributed by atoms with Crippen molar-refractivity contribution in [2.24, 2.45) is 0 Å². The molecule has 0 radical (unpaired) electrons. The number of para-hydroxylation sites is 1. The van der Waals surface area contributed by atoms with Crippen LogP contribution >= 0.6 is 0 Å². The van der Waals surface area contributed by atoms with E-state index in [9.17, 15) is 5.26 Å². The van der Waals surface area contributed by atoms with Gasteiger partial charge in [0, 0.05) is 17.7 Å². The SMILES string of the molecule is CCCNc1nc2c(cc1C#N)COc1ccccc1-2. The Morgan fingerprint density at radius 2 is 2.25 bits per heavy atom. The van der Waals surface area contributed by atoms with E-state index in [0.29, 0.717) is 18.0 Å². The van der Waals surface area contributed by atoms with Gasteiger partial charge >= 0.3 is 0 Å². The van der Waals surface area contributed by atoms with E-state index in [2.05, 4.69) is 23.3 Å². The molecular formula is C16H15N3O. The van der Waals surface area contributed by atoms with Crippen LogP contribution in [-0.4, -0.2) is 11.5 Å². The first-order valence-electron chi connectivity index (χ1n) is 6.73. The highest BCUT2D eigenvalue weighted by atomic mass is 16.5. The lowest BCUT2D eigenvalue weighted by Gasteiger charge is -2.21. The lowest BCUT2D eigenvalue weighted by atomic mass is 10.0. The quantitative estimate of drug-likeness (QED) is 0.924. The third kappa shape index (κ3) is 2.08. The molecule has 0 fully saturated rings. The number of nitrogens with one attached hydrogen (secondary N) is 1. The summed E-state index contributed by atoms with van der Waals surface area (Å²) in [5, 5.41) is 12.5. The average molecular weight is 265 g/mol. The number of anilines is 1. The lowest BCUT2D eigenvalue weighted by Crippen LogP contribution is -2.11. The van der Waals surface area contributed by atoms with E-state index in [1.165, 1.54) is 0 Å². The van der Waals surface area contributed by atoms with E-state index >= 15 is 0 Å². The number of pyridine rings is 1. The molecule has 1 aromatic carbocycles. The second-order valence-corrected chi connectivity index (χ2v) is 4.72. The van der Waals surface area contributed by atoms with Crippen molar-refractivity contribution in [2.75, 3.05) is 11.9 Å². The molecule has 1 N–H and O–H groups in total. The fourth-order valence-electron chi connectivity index (χ4n) is 2.31. The van der Waals surface area contributed by atoms with Crippen molar-refractivity contribution < 1.29 is 4.74 Å². The summed E-state index contributed by atoms with van der Waals surface area (Å²) in [6.45, 7) is 3.35.